The van der Waals surface area contributed by atoms with Gasteiger partial charge in [0.15, 0.2) is 0 Å². The highest BCUT2D eigenvalue weighted by Gasteiger charge is 2.20. The van der Waals surface area contributed by atoms with Crippen molar-refractivity contribution >= 4 is 57.0 Å². The number of hydrogen-bond donors (Lipinski definition) is 4. The zero-order valence-corrected chi connectivity index (χ0v) is 27.3. The first kappa shape index (κ1) is 34.2. The number of carbonyl (C=O) groups excluding carboxylic acids is 3. The first-order valence-corrected chi connectivity index (χ1v) is 17.1. The highest BCUT2D eigenvalue weighted by molar-refractivity contribution is 8.00. The molecule has 1 unspecified atom stereocenters. The zero-order valence-electron chi connectivity index (χ0n) is 25.7. The summed E-state index contributed by atoms with van der Waals surface area (Å²) in [6.45, 7) is 6.08. The van der Waals surface area contributed by atoms with Gasteiger partial charge in [-0.2, -0.15) is 0 Å². The predicted molar refractivity (Wildman–Crippen MR) is 184 cm³/mol. The molecule has 3 amide bonds. The van der Waals surface area contributed by atoms with Gasteiger partial charge < -0.3 is 16.0 Å². The topological polar surface area (TPSA) is 147 Å². The second kappa shape index (κ2) is 15.5. The Kier molecular flexibility index (Phi) is 11.5. The van der Waals surface area contributed by atoms with Gasteiger partial charge in [-0.25, -0.2) is 13.6 Å². The number of primary sulfonamides is 1. The van der Waals surface area contributed by atoms with E-state index in [4.69, 9.17) is 5.14 Å². The molecule has 46 heavy (non-hydrogen) atoms. The van der Waals surface area contributed by atoms with Crippen LogP contribution in [0.2, 0.25) is 0 Å². The SMILES string of the molecule is CCC(Sc1cccc(NC(=O)/C(=C\c2ccc(C(C)C)cc2)NC(=O)c2ccccc2)c1)C(=O)Nc1ccc(S(N)(=O)=O)cc1. The van der Waals surface area contributed by atoms with Gasteiger partial charge in [0.1, 0.15) is 5.70 Å². The molecule has 11 heteroatoms. The Hall–Kier alpha value is -4.71. The fourth-order valence-electron chi connectivity index (χ4n) is 4.37. The molecule has 0 spiro atoms. The maximum Gasteiger partial charge on any atom is 0.272 e. The number of thioether (sulfide) groups is 1. The summed E-state index contributed by atoms with van der Waals surface area (Å²) in [5, 5.41) is 13.1. The van der Waals surface area contributed by atoms with Crippen LogP contribution in [0, 0.1) is 0 Å². The minimum Gasteiger partial charge on any atom is -0.325 e. The summed E-state index contributed by atoms with van der Waals surface area (Å²) in [5.74, 6) is -0.831. The van der Waals surface area contributed by atoms with Crippen LogP contribution in [0.15, 0.2) is 119 Å². The van der Waals surface area contributed by atoms with E-state index in [9.17, 15) is 22.8 Å². The van der Waals surface area contributed by atoms with Crippen LogP contribution in [-0.2, 0) is 19.6 Å². The van der Waals surface area contributed by atoms with Crippen LogP contribution >= 0.6 is 11.8 Å². The Morgan fingerprint density at radius 3 is 2.11 bits per heavy atom. The molecule has 4 aromatic rings. The number of amides is 3. The van der Waals surface area contributed by atoms with Crippen molar-refractivity contribution in [3.63, 3.8) is 0 Å². The molecular formula is C35H36N4O5S2. The minimum absolute atomic E-state index is 0.0487. The molecule has 5 N–H and O–H groups in total. The van der Waals surface area contributed by atoms with Crippen LogP contribution in [0.5, 0.6) is 0 Å². The molecule has 1 atom stereocenters. The number of hydrogen-bond acceptors (Lipinski definition) is 6. The molecule has 0 aromatic heterocycles. The lowest BCUT2D eigenvalue weighted by Gasteiger charge is -2.16. The van der Waals surface area contributed by atoms with E-state index < -0.39 is 27.1 Å². The van der Waals surface area contributed by atoms with Crippen LogP contribution in [-0.4, -0.2) is 31.4 Å². The van der Waals surface area contributed by atoms with Crippen LogP contribution < -0.4 is 21.1 Å². The molecule has 0 heterocycles. The third-order valence-electron chi connectivity index (χ3n) is 6.93. The van der Waals surface area contributed by atoms with Gasteiger partial charge in [-0.15, -0.1) is 11.8 Å². The van der Waals surface area contributed by atoms with E-state index in [1.165, 1.54) is 36.0 Å². The zero-order chi connectivity index (χ0) is 33.3. The normalized spacial score (nSPS) is 12.3. The molecule has 4 rings (SSSR count). The Balaban J connectivity index is 1.49. The summed E-state index contributed by atoms with van der Waals surface area (Å²) in [6.07, 6.45) is 2.14. The Labute approximate surface area is 273 Å². The van der Waals surface area contributed by atoms with Crippen LogP contribution in [0.25, 0.3) is 6.08 Å². The molecule has 238 valence electrons. The maximum absolute atomic E-state index is 13.5. The van der Waals surface area contributed by atoms with Crippen molar-refractivity contribution in [2.45, 2.75) is 48.2 Å². The van der Waals surface area contributed by atoms with Gasteiger partial charge in [0, 0.05) is 21.8 Å². The van der Waals surface area contributed by atoms with E-state index in [0.29, 0.717) is 29.3 Å². The van der Waals surface area contributed by atoms with E-state index in [2.05, 4.69) is 29.8 Å². The van der Waals surface area contributed by atoms with Crippen molar-refractivity contribution < 1.29 is 22.8 Å². The smallest absolute Gasteiger partial charge is 0.272 e. The van der Waals surface area contributed by atoms with Gasteiger partial charge in [-0.05, 0) is 84.1 Å². The van der Waals surface area contributed by atoms with Gasteiger partial charge >= 0.3 is 0 Å². The van der Waals surface area contributed by atoms with Crippen molar-refractivity contribution in [3.05, 3.63) is 126 Å². The Morgan fingerprint density at radius 1 is 0.826 bits per heavy atom. The van der Waals surface area contributed by atoms with Gasteiger partial charge in [-0.1, -0.05) is 69.3 Å². The molecule has 0 aliphatic carbocycles. The molecule has 0 aliphatic rings. The number of benzene rings is 4. The number of anilines is 2. The summed E-state index contributed by atoms with van der Waals surface area (Å²) < 4.78 is 23.0. The number of sulfonamides is 1. The van der Waals surface area contributed by atoms with Crippen molar-refractivity contribution in [2.24, 2.45) is 5.14 Å². The van der Waals surface area contributed by atoms with E-state index in [1.54, 1.807) is 48.5 Å². The lowest BCUT2D eigenvalue weighted by Crippen LogP contribution is -2.30. The molecule has 0 saturated carbocycles. The first-order chi connectivity index (χ1) is 21.9. The van der Waals surface area contributed by atoms with E-state index in [1.807, 2.05) is 43.3 Å². The summed E-state index contributed by atoms with van der Waals surface area (Å²) in [5.41, 5.74) is 3.32. The largest absolute Gasteiger partial charge is 0.325 e. The van der Waals surface area contributed by atoms with Gasteiger partial charge in [0.05, 0.1) is 10.1 Å². The van der Waals surface area contributed by atoms with E-state index >= 15 is 0 Å². The van der Waals surface area contributed by atoms with Gasteiger partial charge in [0.25, 0.3) is 11.8 Å². The van der Waals surface area contributed by atoms with Crippen LogP contribution in [0.3, 0.4) is 0 Å². The average molecular weight is 657 g/mol. The number of nitrogens with two attached hydrogens (primary N) is 1. The quantitative estimate of drug-likeness (QED) is 0.103. The first-order valence-electron chi connectivity index (χ1n) is 14.6. The maximum atomic E-state index is 13.5. The van der Waals surface area contributed by atoms with Crippen molar-refractivity contribution in [2.75, 3.05) is 10.6 Å². The fourth-order valence-corrected chi connectivity index (χ4v) is 5.90. The van der Waals surface area contributed by atoms with Crippen LogP contribution in [0.1, 0.15) is 54.6 Å². The molecule has 4 aromatic carbocycles. The fraction of sp³-hybridized carbons (Fsp3) is 0.171. The second-order valence-corrected chi connectivity index (χ2v) is 13.6. The number of carbonyl (C=O) groups is 3. The molecule has 0 fully saturated rings. The van der Waals surface area contributed by atoms with Crippen molar-refractivity contribution in [1.29, 1.82) is 0 Å². The monoisotopic (exact) mass is 656 g/mol. The number of rotatable bonds is 12. The Morgan fingerprint density at radius 2 is 1.50 bits per heavy atom. The second-order valence-electron chi connectivity index (χ2n) is 10.8. The third kappa shape index (κ3) is 9.64. The van der Waals surface area contributed by atoms with E-state index in [0.717, 1.165) is 16.0 Å². The third-order valence-corrected chi connectivity index (χ3v) is 9.21. The lowest BCUT2D eigenvalue weighted by molar-refractivity contribution is -0.116. The predicted octanol–water partition coefficient (Wildman–Crippen LogP) is 6.38. The average Bonchev–Trinajstić information content (AvgIpc) is 3.04. The summed E-state index contributed by atoms with van der Waals surface area (Å²) >= 11 is 1.32. The molecular weight excluding hydrogens is 621 g/mol. The molecule has 0 radical (unpaired) electrons. The van der Waals surface area contributed by atoms with E-state index in [-0.39, 0.29) is 16.5 Å². The van der Waals surface area contributed by atoms with Crippen molar-refractivity contribution in [1.82, 2.24) is 5.32 Å². The summed E-state index contributed by atoms with van der Waals surface area (Å²) in [7, 11) is -3.84. The van der Waals surface area contributed by atoms with Crippen LogP contribution in [0.4, 0.5) is 11.4 Å². The van der Waals surface area contributed by atoms with Gasteiger partial charge in [-0.3, -0.25) is 14.4 Å². The van der Waals surface area contributed by atoms with Crippen molar-refractivity contribution in [3.8, 4) is 0 Å². The molecule has 0 saturated heterocycles. The molecule has 9 nitrogen and oxygen atoms in total. The minimum atomic E-state index is -3.84. The highest BCUT2D eigenvalue weighted by atomic mass is 32.2. The lowest BCUT2D eigenvalue weighted by atomic mass is 10.0. The highest BCUT2D eigenvalue weighted by Crippen LogP contribution is 2.29. The number of nitrogens with one attached hydrogen (secondary N) is 3. The summed E-state index contributed by atoms with van der Waals surface area (Å²) in [4.78, 5) is 40.3. The van der Waals surface area contributed by atoms with Gasteiger partial charge in [0.2, 0.25) is 15.9 Å². The Bertz CT molecular complexity index is 1820. The molecule has 0 aliphatic heterocycles. The molecule has 0 bridgehead atoms. The standard InChI is InChI=1S/C35H36N4O5S2/c1-4-32(35(42)37-27-17-19-30(20-18-27)46(36,43)44)45-29-12-8-11-28(22-29)38-34(41)31(39-33(40)26-9-6-5-7-10-26)21-24-13-15-25(16-14-24)23(2)3/h5-23,32H,4H2,1-3H3,(H,37,42)(H,38,41)(H,39,40)(H2,36,43,44)/b31-21+. The summed E-state index contributed by atoms with van der Waals surface area (Å²) in [6, 6.07) is 29.1.